The van der Waals surface area contributed by atoms with Crippen LogP contribution in [0.5, 0.6) is 0 Å². The highest BCUT2D eigenvalue weighted by Crippen LogP contribution is 2.26. The number of benzene rings is 2. The number of H-pyrrole nitrogens is 1. The number of amides is 1. The van der Waals surface area contributed by atoms with Crippen molar-refractivity contribution in [3.8, 4) is 0 Å². The number of aromatic amines is 1. The number of halogens is 2. The lowest BCUT2D eigenvalue weighted by molar-refractivity contribution is 0.0743. The van der Waals surface area contributed by atoms with Gasteiger partial charge in [-0.3, -0.25) is 14.2 Å². The maximum atomic E-state index is 14.0. The molecule has 0 aliphatic carbocycles. The number of hydrogen-bond donors (Lipinski definition) is 1. The van der Waals surface area contributed by atoms with E-state index in [1.807, 2.05) is 24.3 Å². The van der Waals surface area contributed by atoms with Crippen molar-refractivity contribution in [3.05, 3.63) is 97.5 Å². The summed E-state index contributed by atoms with van der Waals surface area (Å²) in [5, 5.41) is 0.638. The first-order valence-corrected chi connectivity index (χ1v) is 10.2. The van der Waals surface area contributed by atoms with Gasteiger partial charge in [0, 0.05) is 37.9 Å². The van der Waals surface area contributed by atoms with Gasteiger partial charge >= 0.3 is 5.69 Å². The number of carbonyl (C=O) groups is 1. The summed E-state index contributed by atoms with van der Waals surface area (Å²) in [7, 11) is 0. The third-order valence-electron chi connectivity index (χ3n) is 5.34. The van der Waals surface area contributed by atoms with Crippen LogP contribution in [0.4, 0.5) is 10.1 Å². The zero-order valence-electron chi connectivity index (χ0n) is 16.6. The van der Waals surface area contributed by atoms with Crippen LogP contribution in [0.1, 0.15) is 15.9 Å². The molecule has 1 saturated heterocycles. The van der Waals surface area contributed by atoms with E-state index in [2.05, 4.69) is 9.88 Å². The highest BCUT2D eigenvalue weighted by Gasteiger charge is 2.26. The number of piperazine rings is 1. The Labute approximate surface area is 182 Å². The molecule has 31 heavy (non-hydrogen) atoms. The fourth-order valence-corrected chi connectivity index (χ4v) is 3.89. The van der Waals surface area contributed by atoms with Crippen LogP contribution < -0.4 is 16.1 Å². The van der Waals surface area contributed by atoms with Gasteiger partial charge in [0.1, 0.15) is 11.4 Å². The van der Waals surface area contributed by atoms with Gasteiger partial charge in [0.2, 0.25) is 0 Å². The van der Waals surface area contributed by atoms with Crippen molar-refractivity contribution in [2.24, 2.45) is 0 Å². The Balaban J connectivity index is 1.53. The molecular formula is C22H20ClFN4O3. The molecule has 2 heterocycles. The number of aromatic nitrogens is 2. The molecule has 0 unspecified atom stereocenters. The lowest BCUT2D eigenvalue weighted by Gasteiger charge is -2.36. The molecule has 3 aromatic rings. The summed E-state index contributed by atoms with van der Waals surface area (Å²) in [6, 6.07) is 13.4. The molecule has 1 fully saturated rings. The fraction of sp³-hybridized carbons (Fsp3) is 0.227. The van der Waals surface area contributed by atoms with E-state index < -0.39 is 23.0 Å². The summed E-state index contributed by atoms with van der Waals surface area (Å²) in [4.78, 5) is 44.1. The van der Waals surface area contributed by atoms with Crippen LogP contribution >= 0.6 is 11.6 Å². The molecular weight excluding hydrogens is 423 g/mol. The van der Waals surface area contributed by atoms with E-state index in [1.165, 1.54) is 18.2 Å². The predicted octanol–water partition coefficient (Wildman–Crippen LogP) is 2.34. The van der Waals surface area contributed by atoms with Gasteiger partial charge in [-0.05, 0) is 18.2 Å². The highest BCUT2D eigenvalue weighted by molar-refractivity contribution is 6.33. The third kappa shape index (κ3) is 4.25. The smallest absolute Gasteiger partial charge is 0.328 e. The molecule has 2 aromatic carbocycles. The molecule has 160 valence electrons. The Bertz CT molecular complexity index is 1230. The van der Waals surface area contributed by atoms with E-state index in [9.17, 15) is 18.8 Å². The van der Waals surface area contributed by atoms with Gasteiger partial charge in [-0.2, -0.15) is 0 Å². The Hall–Kier alpha value is -3.39. The molecule has 1 N–H and O–H groups in total. The molecule has 1 amide bonds. The Kier molecular flexibility index (Phi) is 5.90. The zero-order chi connectivity index (χ0) is 22.0. The topological polar surface area (TPSA) is 78.4 Å². The van der Waals surface area contributed by atoms with Gasteiger partial charge in [0.15, 0.2) is 0 Å². The zero-order valence-corrected chi connectivity index (χ0v) is 17.3. The molecule has 0 bridgehead atoms. The minimum absolute atomic E-state index is 0.151. The monoisotopic (exact) mass is 442 g/mol. The molecule has 1 aliphatic heterocycles. The van der Waals surface area contributed by atoms with Gasteiger partial charge in [-0.1, -0.05) is 41.9 Å². The first kappa shape index (κ1) is 20.9. The summed E-state index contributed by atoms with van der Waals surface area (Å²) in [6.07, 6.45) is 1.13. The molecule has 1 aliphatic rings. The van der Waals surface area contributed by atoms with Crippen molar-refractivity contribution in [2.75, 3.05) is 31.1 Å². The van der Waals surface area contributed by atoms with Crippen molar-refractivity contribution in [1.82, 2.24) is 14.5 Å². The lowest BCUT2D eigenvalue weighted by Crippen LogP contribution is -2.50. The number of nitrogens with one attached hydrogen (secondary N) is 1. The van der Waals surface area contributed by atoms with Crippen molar-refractivity contribution in [1.29, 1.82) is 0 Å². The predicted molar refractivity (Wildman–Crippen MR) is 116 cm³/mol. The van der Waals surface area contributed by atoms with Crippen LogP contribution in [0.2, 0.25) is 5.02 Å². The number of anilines is 1. The fourth-order valence-electron chi connectivity index (χ4n) is 3.63. The van der Waals surface area contributed by atoms with Gasteiger partial charge in [0.25, 0.3) is 11.5 Å². The maximum Gasteiger partial charge on any atom is 0.328 e. The Morgan fingerprint density at radius 2 is 1.68 bits per heavy atom. The second-order valence-corrected chi connectivity index (χ2v) is 7.63. The molecule has 0 radical (unpaired) electrons. The first-order valence-electron chi connectivity index (χ1n) is 9.80. The number of carbonyl (C=O) groups excluding carboxylic acids is 1. The van der Waals surface area contributed by atoms with E-state index in [0.29, 0.717) is 31.2 Å². The standard InChI is InChI=1S/C22H20ClFN4O3/c23-17-6-2-4-8-19(17)26-9-11-27(12-10-26)20(29)16-13-25-22(31)28(21(16)30)14-15-5-1-3-7-18(15)24/h1-8,13H,9-12,14H2,(H,25,31). The van der Waals surface area contributed by atoms with E-state index in [1.54, 1.807) is 11.0 Å². The summed E-state index contributed by atoms with van der Waals surface area (Å²) in [5.41, 5.74) is -0.512. The highest BCUT2D eigenvalue weighted by atomic mass is 35.5. The van der Waals surface area contributed by atoms with Gasteiger partial charge in [-0.25, -0.2) is 9.18 Å². The van der Waals surface area contributed by atoms with Crippen molar-refractivity contribution in [3.63, 3.8) is 0 Å². The average Bonchev–Trinajstić information content (AvgIpc) is 2.78. The van der Waals surface area contributed by atoms with E-state index in [-0.39, 0.29) is 17.7 Å². The molecule has 0 atom stereocenters. The van der Waals surface area contributed by atoms with Gasteiger partial charge < -0.3 is 14.8 Å². The normalized spacial score (nSPS) is 14.0. The van der Waals surface area contributed by atoms with E-state index in [4.69, 9.17) is 11.6 Å². The number of para-hydroxylation sites is 1. The van der Waals surface area contributed by atoms with Crippen molar-refractivity contribution in [2.45, 2.75) is 6.54 Å². The quantitative estimate of drug-likeness (QED) is 0.672. The number of hydrogen-bond acceptors (Lipinski definition) is 4. The summed E-state index contributed by atoms with van der Waals surface area (Å²) < 4.78 is 14.8. The summed E-state index contributed by atoms with van der Waals surface area (Å²) in [5.74, 6) is -0.997. The van der Waals surface area contributed by atoms with Crippen molar-refractivity contribution < 1.29 is 9.18 Å². The Morgan fingerprint density at radius 1 is 1.00 bits per heavy atom. The molecule has 9 heteroatoms. The second-order valence-electron chi connectivity index (χ2n) is 7.22. The largest absolute Gasteiger partial charge is 0.367 e. The Morgan fingerprint density at radius 3 is 2.39 bits per heavy atom. The van der Waals surface area contributed by atoms with Crippen LogP contribution in [0, 0.1) is 5.82 Å². The molecule has 4 rings (SSSR count). The average molecular weight is 443 g/mol. The van der Waals surface area contributed by atoms with Crippen LogP contribution in [0.15, 0.2) is 64.3 Å². The number of rotatable bonds is 4. The summed E-state index contributed by atoms with van der Waals surface area (Å²) >= 11 is 6.26. The summed E-state index contributed by atoms with van der Waals surface area (Å²) in [6.45, 7) is 1.65. The van der Waals surface area contributed by atoms with Crippen LogP contribution in [-0.4, -0.2) is 46.5 Å². The van der Waals surface area contributed by atoms with Crippen LogP contribution in [0.25, 0.3) is 0 Å². The maximum absolute atomic E-state index is 14.0. The molecule has 1 aromatic heterocycles. The van der Waals surface area contributed by atoms with E-state index >= 15 is 0 Å². The SMILES string of the molecule is O=C(c1c[nH]c(=O)n(Cc2ccccc2F)c1=O)N1CCN(c2ccccc2Cl)CC1. The lowest BCUT2D eigenvalue weighted by atomic mass is 10.2. The van der Waals surface area contributed by atoms with Gasteiger partial charge in [0.05, 0.1) is 17.3 Å². The van der Waals surface area contributed by atoms with E-state index in [0.717, 1.165) is 16.5 Å². The number of nitrogens with zero attached hydrogens (tertiary/aromatic N) is 3. The van der Waals surface area contributed by atoms with Gasteiger partial charge in [-0.15, -0.1) is 0 Å². The minimum Gasteiger partial charge on any atom is -0.367 e. The second kappa shape index (κ2) is 8.77. The molecule has 0 saturated carbocycles. The van der Waals surface area contributed by atoms with Crippen LogP contribution in [0.3, 0.4) is 0 Å². The minimum atomic E-state index is -0.745. The van der Waals surface area contributed by atoms with Crippen LogP contribution in [-0.2, 0) is 6.54 Å². The first-order chi connectivity index (χ1) is 15.0. The molecule has 7 nitrogen and oxygen atoms in total. The molecule has 0 spiro atoms. The third-order valence-corrected chi connectivity index (χ3v) is 5.66. The van der Waals surface area contributed by atoms with Crippen molar-refractivity contribution >= 4 is 23.2 Å².